The second kappa shape index (κ2) is 11.4. The predicted molar refractivity (Wildman–Crippen MR) is 147 cm³/mol. The number of fused-ring (bicyclic) bond motifs is 1. The van der Waals surface area contributed by atoms with Gasteiger partial charge in [-0.05, 0) is 62.6 Å². The van der Waals surface area contributed by atoms with Crippen molar-refractivity contribution in [1.29, 1.82) is 0 Å². The van der Waals surface area contributed by atoms with Gasteiger partial charge in [0.2, 0.25) is 5.91 Å². The standard InChI is InChI=1S/C29H39N7O4/c1-5-20-15-29(27(38)31-20,28(39)40-4)16-21-11-12-24-32-22(17-36(24)34-21)25(19-9-7-18(3)8-10-19)33-26(37)23-13-14-30-35(23)6-2/h11-14,17-20,25H,5-10,15-16H2,1-4H3,(H,31,38)(H,33,37)/t18?,19?,20-,25+,29?/m1/s1. The minimum absolute atomic E-state index is 0.0817. The van der Waals surface area contributed by atoms with Crippen LogP contribution in [-0.4, -0.2) is 55.3 Å². The normalized spacial score (nSPS) is 25.5. The third-order valence-electron chi connectivity index (χ3n) is 8.70. The Labute approximate surface area is 234 Å². The van der Waals surface area contributed by atoms with Crippen LogP contribution in [0.25, 0.3) is 5.65 Å². The van der Waals surface area contributed by atoms with Crippen LogP contribution >= 0.6 is 0 Å². The minimum atomic E-state index is -1.31. The Morgan fingerprint density at radius 3 is 2.65 bits per heavy atom. The molecule has 1 unspecified atom stereocenters. The number of amides is 2. The monoisotopic (exact) mass is 549 g/mol. The molecule has 11 heteroatoms. The van der Waals surface area contributed by atoms with Gasteiger partial charge in [0.15, 0.2) is 11.1 Å². The van der Waals surface area contributed by atoms with Crippen LogP contribution in [-0.2, 0) is 27.3 Å². The second-order valence-corrected chi connectivity index (χ2v) is 11.3. The molecule has 5 rings (SSSR count). The molecule has 4 heterocycles. The van der Waals surface area contributed by atoms with Crippen LogP contribution < -0.4 is 10.6 Å². The van der Waals surface area contributed by atoms with Crippen molar-refractivity contribution >= 4 is 23.4 Å². The number of carbonyl (C=O) groups excluding carboxylic acids is 3. The average Bonchev–Trinajstić information content (AvgIpc) is 3.69. The fourth-order valence-electron chi connectivity index (χ4n) is 6.27. The van der Waals surface area contributed by atoms with Crippen LogP contribution in [0.4, 0.5) is 0 Å². The molecule has 0 bridgehead atoms. The van der Waals surface area contributed by atoms with Gasteiger partial charge >= 0.3 is 5.97 Å². The fraction of sp³-hybridized carbons (Fsp3) is 0.586. The summed E-state index contributed by atoms with van der Waals surface area (Å²) in [6.45, 7) is 6.81. The van der Waals surface area contributed by atoms with E-state index in [1.807, 2.05) is 26.1 Å². The number of rotatable bonds is 9. The lowest BCUT2D eigenvalue weighted by atomic mass is 9.78. The average molecular weight is 550 g/mol. The Morgan fingerprint density at radius 1 is 1.20 bits per heavy atom. The number of carbonyl (C=O) groups is 3. The summed E-state index contributed by atoms with van der Waals surface area (Å²) >= 11 is 0. The minimum Gasteiger partial charge on any atom is -0.468 e. The predicted octanol–water partition coefficient (Wildman–Crippen LogP) is 3.24. The Balaban J connectivity index is 1.45. The van der Waals surface area contributed by atoms with Gasteiger partial charge in [0.1, 0.15) is 5.69 Å². The second-order valence-electron chi connectivity index (χ2n) is 11.3. The first kappa shape index (κ1) is 27.8. The molecule has 0 spiro atoms. The highest BCUT2D eigenvalue weighted by molar-refractivity contribution is 6.04. The lowest BCUT2D eigenvalue weighted by Gasteiger charge is -2.32. The molecule has 2 N–H and O–H groups in total. The summed E-state index contributed by atoms with van der Waals surface area (Å²) < 4.78 is 8.43. The molecule has 0 radical (unpaired) electrons. The van der Waals surface area contributed by atoms with Gasteiger partial charge in [0.25, 0.3) is 5.91 Å². The number of nitrogens with zero attached hydrogens (tertiary/aromatic N) is 5. The van der Waals surface area contributed by atoms with Crippen LogP contribution in [0.3, 0.4) is 0 Å². The number of esters is 1. The number of ether oxygens (including phenoxy) is 1. The molecule has 214 valence electrons. The maximum atomic E-state index is 13.3. The lowest BCUT2D eigenvalue weighted by Crippen LogP contribution is -2.41. The SMILES string of the molecule is CC[C@@H]1CC(Cc2ccc3nc([C@@H](NC(=O)c4ccnn4CC)C4CCC(C)CC4)cn3n2)(C(=O)OC)C(=O)N1. The third kappa shape index (κ3) is 5.21. The third-order valence-corrected chi connectivity index (χ3v) is 8.70. The molecular formula is C29H39N7O4. The van der Waals surface area contributed by atoms with Gasteiger partial charge in [-0.2, -0.15) is 10.2 Å². The summed E-state index contributed by atoms with van der Waals surface area (Å²) in [5.41, 5.74) is 1.18. The molecule has 1 aliphatic carbocycles. The molecule has 3 aromatic heterocycles. The van der Waals surface area contributed by atoms with E-state index in [0.29, 0.717) is 35.9 Å². The van der Waals surface area contributed by atoms with E-state index in [1.54, 1.807) is 27.5 Å². The summed E-state index contributed by atoms with van der Waals surface area (Å²) in [6, 6.07) is 5.02. The number of hydrogen-bond donors (Lipinski definition) is 2. The molecular weight excluding hydrogens is 510 g/mol. The summed E-state index contributed by atoms with van der Waals surface area (Å²) in [7, 11) is 1.31. The Morgan fingerprint density at radius 2 is 1.98 bits per heavy atom. The topological polar surface area (TPSA) is 133 Å². The van der Waals surface area contributed by atoms with Crippen molar-refractivity contribution in [3.8, 4) is 0 Å². The van der Waals surface area contributed by atoms with Gasteiger partial charge in [-0.25, -0.2) is 9.50 Å². The first-order valence-electron chi connectivity index (χ1n) is 14.3. The Kier molecular flexibility index (Phi) is 7.91. The zero-order valence-electron chi connectivity index (χ0n) is 23.7. The summed E-state index contributed by atoms with van der Waals surface area (Å²) in [6.07, 6.45) is 8.94. The van der Waals surface area contributed by atoms with Crippen LogP contribution in [0.1, 0.15) is 87.2 Å². The first-order valence-corrected chi connectivity index (χ1v) is 14.3. The Hall–Kier alpha value is -3.76. The molecule has 1 saturated carbocycles. The van der Waals surface area contributed by atoms with Gasteiger partial charge in [-0.1, -0.05) is 26.7 Å². The number of aromatic nitrogens is 5. The number of nitrogens with one attached hydrogen (secondary N) is 2. The lowest BCUT2D eigenvalue weighted by molar-refractivity contribution is -0.156. The molecule has 40 heavy (non-hydrogen) atoms. The molecule has 1 aliphatic heterocycles. The quantitative estimate of drug-likeness (QED) is 0.309. The molecule has 11 nitrogen and oxygen atoms in total. The zero-order valence-corrected chi connectivity index (χ0v) is 23.7. The number of methoxy groups -OCH3 is 1. The van der Waals surface area contributed by atoms with E-state index >= 15 is 0 Å². The zero-order chi connectivity index (χ0) is 28.4. The van der Waals surface area contributed by atoms with Crippen molar-refractivity contribution in [2.24, 2.45) is 17.3 Å². The van der Waals surface area contributed by atoms with E-state index in [2.05, 4.69) is 22.7 Å². The van der Waals surface area contributed by atoms with Crippen molar-refractivity contribution in [1.82, 2.24) is 35.0 Å². The van der Waals surface area contributed by atoms with Crippen molar-refractivity contribution in [3.63, 3.8) is 0 Å². The number of hydrogen-bond acceptors (Lipinski definition) is 7. The fourth-order valence-corrected chi connectivity index (χ4v) is 6.27. The van der Waals surface area contributed by atoms with Crippen molar-refractivity contribution in [2.45, 2.75) is 84.3 Å². The molecule has 2 aliphatic rings. The maximum absolute atomic E-state index is 13.3. The summed E-state index contributed by atoms with van der Waals surface area (Å²) in [5, 5.41) is 15.2. The molecule has 1 saturated heterocycles. The molecule has 3 aromatic rings. The molecule has 0 aromatic carbocycles. The van der Waals surface area contributed by atoms with Gasteiger partial charge in [-0.15, -0.1) is 0 Å². The van der Waals surface area contributed by atoms with Crippen LogP contribution in [0.5, 0.6) is 0 Å². The maximum Gasteiger partial charge on any atom is 0.321 e. The van der Waals surface area contributed by atoms with E-state index in [-0.39, 0.29) is 36.2 Å². The number of imidazole rings is 1. The van der Waals surface area contributed by atoms with E-state index < -0.39 is 11.4 Å². The van der Waals surface area contributed by atoms with Gasteiger partial charge in [-0.3, -0.25) is 19.1 Å². The highest BCUT2D eigenvalue weighted by Gasteiger charge is 2.53. The van der Waals surface area contributed by atoms with Gasteiger partial charge in [0.05, 0.1) is 30.7 Å². The first-order chi connectivity index (χ1) is 19.3. The largest absolute Gasteiger partial charge is 0.468 e. The summed E-state index contributed by atoms with van der Waals surface area (Å²) in [4.78, 5) is 44.0. The van der Waals surface area contributed by atoms with Crippen molar-refractivity contribution in [3.05, 3.63) is 47.7 Å². The van der Waals surface area contributed by atoms with E-state index in [4.69, 9.17) is 14.8 Å². The van der Waals surface area contributed by atoms with Crippen LogP contribution in [0.15, 0.2) is 30.6 Å². The Bertz CT molecular complexity index is 1390. The molecule has 3 atom stereocenters. The van der Waals surface area contributed by atoms with Crippen LogP contribution in [0.2, 0.25) is 0 Å². The van der Waals surface area contributed by atoms with Crippen molar-refractivity contribution in [2.75, 3.05) is 7.11 Å². The number of aryl methyl sites for hydroxylation is 1. The van der Waals surface area contributed by atoms with E-state index in [1.165, 1.54) is 7.11 Å². The highest BCUT2D eigenvalue weighted by Crippen LogP contribution is 2.38. The van der Waals surface area contributed by atoms with E-state index in [0.717, 1.165) is 37.8 Å². The molecule has 2 fully saturated rings. The van der Waals surface area contributed by atoms with Crippen LogP contribution in [0, 0.1) is 17.3 Å². The van der Waals surface area contributed by atoms with Gasteiger partial charge < -0.3 is 15.4 Å². The summed E-state index contributed by atoms with van der Waals surface area (Å²) in [5.74, 6) is -0.124. The van der Waals surface area contributed by atoms with Gasteiger partial charge in [0, 0.05) is 25.2 Å². The molecule has 2 amide bonds. The highest BCUT2D eigenvalue weighted by atomic mass is 16.5. The van der Waals surface area contributed by atoms with E-state index in [9.17, 15) is 14.4 Å². The van der Waals surface area contributed by atoms with Crippen molar-refractivity contribution < 1.29 is 19.1 Å². The smallest absolute Gasteiger partial charge is 0.321 e.